The van der Waals surface area contributed by atoms with Crippen LogP contribution in [0.25, 0.3) is 0 Å². The predicted octanol–water partition coefficient (Wildman–Crippen LogP) is 4.55. The first-order chi connectivity index (χ1) is 18.1. The smallest absolute Gasteiger partial charge is 0.468 e. The molecule has 1 aromatic carbocycles. The van der Waals surface area contributed by atoms with E-state index >= 15 is 0 Å². The number of methoxy groups -OCH3 is 1. The zero-order chi connectivity index (χ0) is 28.5. The molecule has 1 rings (SSSR count). The van der Waals surface area contributed by atoms with E-state index in [0.717, 1.165) is 0 Å². The number of nitrogens with one attached hydrogen (secondary N) is 1. The molecule has 0 amide bonds. The molecule has 38 heavy (non-hydrogen) atoms. The van der Waals surface area contributed by atoms with E-state index in [2.05, 4.69) is 5.32 Å². The molecular formula is C26H39NO11. The SMILES string of the molecule is CCCOC(=O)OCCN[C@@H](Cc1ccc(OC(=O)OC(C)CC)c(OC(=O)OC(C)CC)c1)C(=O)OC. The molecule has 0 fully saturated rings. The van der Waals surface area contributed by atoms with E-state index in [1.54, 1.807) is 19.9 Å². The number of hydrogen-bond acceptors (Lipinski definition) is 12. The van der Waals surface area contributed by atoms with Crippen molar-refractivity contribution in [3.8, 4) is 11.5 Å². The highest BCUT2D eigenvalue weighted by Crippen LogP contribution is 2.30. The minimum Gasteiger partial charge on any atom is -0.468 e. The molecular weight excluding hydrogens is 502 g/mol. The standard InChI is InChI=1S/C26H39NO11/c1-7-13-33-24(29)34-14-12-27-20(23(28)32-6)15-19-10-11-21(37-25(30)35-17(4)8-2)22(16-19)38-26(31)36-18(5)9-3/h10-11,16-18,20,27H,7-9,12-15H2,1-6H3/t17?,18?,20-/m0/s1. The van der Waals surface area contributed by atoms with E-state index in [9.17, 15) is 19.2 Å². The Balaban J connectivity index is 3.00. The Bertz CT molecular complexity index is 905. The Hall–Kier alpha value is -3.54. The van der Waals surface area contributed by atoms with Crippen LogP contribution in [0, 0.1) is 0 Å². The van der Waals surface area contributed by atoms with Crippen LogP contribution in [0.15, 0.2) is 18.2 Å². The van der Waals surface area contributed by atoms with E-state index in [-0.39, 0.29) is 49.9 Å². The van der Waals surface area contributed by atoms with Gasteiger partial charge in [-0.1, -0.05) is 26.8 Å². The number of benzene rings is 1. The third-order valence-corrected chi connectivity index (χ3v) is 5.20. The Morgan fingerprint density at radius 1 is 0.816 bits per heavy atom. The largest absolute Gasteiger partial charge is 0.514 e. The summed E-state index contributed by atoms with van der Waals surface area (Å²) in [6, 6.07) is 3.63. The Labute approximate surface area is 223 Å². The van der Waals surface area contributed by atoms with Gasteiger partial charge >= 0.3 is 24.4 Å². The lowest BCUT2D eigenvalue weighted by molar-refractivity contribution is -0.143. The van der Waals surface area contributed by atoms with Gasteiger partial charge in [0, 0.05) is 6.54 Å². The van der Waals surface area contributed by atoms with Gasteiger partial charge in [-0.25, -0.2) is 14.4 Å². The third-order valence-electron chi connectivity index (χ3n) is 5.20. The molecule has 0 bridgehead atoms. The molecule has 12 nitrogen and oxygen atoms in total. The van der Waals surface area contributed by atoms with Crippen molar-refractivity contribution >= 4 is 24.4 Å². The molecule has 2 unspecified atom stereocenters. The highest BCUT2D eigenvalue weighted by molar-refractivity contribution is 5.76. The molecule has 0 aromatic heterocycles. The Kier molecular flexibility index (Phi) is 15.2. The highest BCUT2D eigenvalue weighted by Gasteiger charge is 2.23. The van der Waals surface area contributed by atoms with Crippen molar-refractivity contribution in [2.75, 3.05) is 26.9 Å². The van der Waals surface area contributed by atoms with Gasteiger partial charge in [-0.3, -0.25) is 4.79 Å². The maximum Gasteiger partial charge on any atom is 0.514 e. The number of carbonyl (C=O) groups excluding carboxylic acids is 4. The van der Waals surface area contributed by atoms with Crippen LogP contribution in [0.1, 0.15) is 59.4 Å². The van der Waals surface area contributed by atoms with Gasteiger partial charge in [0.2, 0.25) is 0 Å². The van der Waals surface area contributed by atoms with E-state index in [0.29, 0.717) is 24.8 Å². The molecule has 0 saturated carbocycles. The number of rotatable bonds is 15. The molecule has 0 heterocycles. The maximum absolute atomic E-state index is 12.3. The van der Waals surface area contributed by atoms with Crippen molar-refractivity contribution in [1.82, 2.24) is 5.32 Å². The number of ether oxygens (including phenoxy) is 7. The topological polar surface area (TPSA) is 145 Å². The van der Waals surface area contributed by atoms with Crippen LogP contribution in [0.2, 0.25) is 0 Å². The molecule has 3 atom stereocenters. The van der Waals surface area contributed by atoms with Crippen molar-refractivity contribution in [3.05, 3.63) is 23.8 Å². The summed E-state index contributed by atoms with van der Waals surface area (Å²) >= 11 is 0. The van der Waals surface area contributed by atoms with Gasteiger partial charge in [0.05, 0.1) is 13.7 Å². The summed E-state index contributed by atoms with van der Waals surface area (Å²) in [5.41, 5.74) is 0.546. The summed E-state index contributed by atoms with van der Waals surface area (Å²) in [6.07, 6.45) is -1.55. The van der Waals surface area contributed by atoms with Crippen LogP contribution < -0.4 is 14.8 Å². The fourth-order valence-electron chi connectivity index (χ4n) is 2.78. The van der Waals surface area contributed by atoms with Gasteiger partial charge in [0.1, 0.15) is 24.9 Å². The molecule has 1 N–H and O–H groups in total. The van der Waals surface area contributed by atoms with Crippen LogP contribution in [-0.2, 0) is 34.9 Å². The fraction of sp³-hybridized carbons (Fsp3) is 0.615. The number of hydrogen-bond donors (Lipinski definition) is 1. The molecule has 0 spiro atoms. The van der Waals surface area contributed by atoms with Gasteiger partial charge in [0.15, 0.2) is 11.5 Å². The fourth-order valence-corrected chi connectivity index (χ4v) is 2.78. The first-order valence-electron chi connectivity index (χ1n) is 12.6. The zero-order valence-corrected chi connectivity index (χ0v) is 22.9. The molecule has 0 aliphatic heterocycles. The number of carbonyl (C=O) groups is 4. The quantitative estimate of drug-likeness (QED) is 0.144. The first kappa shape index (κ1) is 32.5. The van der Waals surface area contributed by atoms with E-state index in [1.807, 2.05) is 20.8 Å². The van der Waals surface area contributed by atoms with Crippen molar-refractivity contribution < 1.29 is 52.3 Å². The van der Waals surface area contributed by atoms with Crippen molar-refractivity contribution in [2.45, 2.75) is 78.6 Å². The predicted molar refractivity (Wildman–Crippen MR) is 135 cm³/mol. The van der Waals surface area contributed by atoms with Gasteiger partial charge in [-0.05, 0) is 57.2 Å². The molecule has 12 heteroatoms. The summed E-state index contributed by atoms with van der Waals surface area (Å²) in [5, 5.41) is 2.95. The molecule has 0 aliphatic carbocycles. The summed E-state index contributed by atoms with van der Waals surface area (Å²) in [5.74, 6) is -0.720. The third kappa shape index (κ3) is 12.6. The Morgan fingerprint density at radius 3 is 1.95 bits per heavy atom. The van der Waals surface area contributed by atoms with E-state index in [1.165, 1.54) is 19.2 Å². The minimum absolute atomic E-state index is 0.0308. The number of esters is 1. The maximum atomic E-state index is 12.3. The molecule has 214 valence electrons. The van der Waals surface area contributed by atoms with Crippen molar-refractivity contribution in [2.24, 2.45) is 0 Å². The molecule has 0 saturated heterocycles. The average Bonchev–Trinajstić information content (AvgIpc) is 2.89. The van der Waals surface area contributed by atoms with Crippen molar-refractivity contribution in [3.63, 3.8) is 0 Å². The lowest BCUT2D eigenvalue weighted by Gasteiger charge is -2.18. The van der Waals surface area contributed by atoms with Crippen LogP contribution in [0.5, 0.6) is 11.5 Å². The monoisotopic (exact) mass is 541 g/mol. The van der Waals surface area contributed by atoms with Crippen LogP contribution in [-0.4, -0.2) is 69.6 Å². The van der Waals surface area contributed by atoms with Crippen LogP contribution in [0.4, 0.5) is 14.4 Å². The summed E-state index contributed by atoms with van der Waals surface area (Å²) in [6.45, 7) is 9.34. The highest BCUT2D eigenvalue weighted by atomic mass is 16.8. The minimum atomic E-state index is -0.980. The van der Waals surface area contributed by atoms with Gasteiger partial charge in [0.25, 0.3) is 0 Å². The zero-order valence-electron chi connectivity index (χ0n) is 22.9. The van der Waals surface area contributed by atoms with E-state index < -0.39 is 30.5 Å². The normalized spacial score (nSPS) is 12.9. The Morgan fingerprint density at radius 2 is 1.39 bits per heavy atom. The summed E-state index contributed by atoms with van der Waals surface area (Å²) in [4.78, 5) is 48.2. The lowest BCUT2D eigenvalue weighted by Crippen LogP contribution is -2.41. The van der Waals surface area contributed by atoms with Gasteiger partial charge in [-0.2, -0.15) is 0 Å². The van der Waals surface area contributed by atoms with Gasteiger partial charge in [-0.15, -0.1) is 0 Å². The van der Waals surface area contributed by atoms with Crippen molar-refractivity contribution in [1.29, 1.82) is 0 Å². The second-order valence-electron chi connectivity index (χ2n) is 8.34. The van der Waals surface area contributed by atoms with Crippen LogP contribution in [0.3, 0.4) is 0 Å². The van der Waals surface area contributed by atoms with Crippen LogP contribution >= 0.6 is 0 Å². The molecule has 1 aromatic rings. The second kappa shape index (κ2) is 17.8. The average molecular weight is 542 g/mol. The first-order valence-corrected chi connectivity index (χ1v) is 12.6. The van der Waals surface area contributed by atoms with E-state index in [4.69, 9.17) is 33.2 Å². The van der Waals surface area contributed by atoms with Gasteiger partial charge < -0.3 is 38.5 Å². The lowest BCUT2D eigenvalue weighted by atomic mass is 10.1. The molecule has 0 radical (unpaired) electrons. The summed E-state index contributed by atoms with van der Waals surface area (Å²) < 4.78 is 35.5. The summed E-state index contributed by atoms with van der Waals surface area (Å²) in [7, 11) is 1.24. The molecule has 0 aliphatic rings. The second-order valence-corrected chi connectivity index (χ2v) is 8.34.